The van der Waals surface area contributed by atoms with Crippen molar-refractivity contribution in [3.63, 3.8) is 0 Å². The molecule has 0 unspecified atom stereocenters. The molecule has 0 aliphatic heterocycles. The minimum absolute atomic E-state index is 0.00497. The first-order valence-corrected chi connectivity index (χ1v) is 11.2. The molecule has 0 atom stereocenters. The van der Waals surface area contributed by atoms with Crippen LogP contribution in [0.15, 0.2) is 48.6 Å². The van der Waals surface area contributed by atoms with E-state index in [0.29, 0.717) is 17.9 Å². The van der Waals surface area contributed by atoms with Gasteiger partial charge in [-0.15, -0.1) is 0 Å². The molecule has 192 valence electrons. The first kappa shape index (κ1) is 26.6. The topological polar surface area (TPSA) is 166 Å². The number of methoxy groups -OCH3 is 1. The second-order valence-electron chi connectivity index (χ2n) is 8.23. The maximum Gasteiger partial charge on any atom is 0.268 e. The molecular weight excluding hydrogens is 467 g/mol. The number of hydrogen-bond donors (Lipinski definition) is 5. The zero-order valence-electron chi connectivity index (χ0n) is 20.2. The van der Waals surface area contributed by atoms with E-state index in [1.807, 2.05) is 16.7 Å². The molecule has 1 saturated carbocycles. The molecule has 0 radical (unpaired) electrons. The predicted octanol–water partition coefficient (Wildman–Crippen LogP) is 1.04. The van der Waals surface area contributed by atoms with Gasteiger partial charge in [0.1, 0.15) is 11.3 Å². The van der Waals surface area contributed by atoms with Crippen molar-refractivity contribution < 1.29 is 18.7 Å². The number of aromatic nitrogens is 2. The van der Waals surface area contributed by atoms with E-state index in [-0.39, 0.29) is 35.7 Å². The van der Waals surface area contributed by atoms with Gasteiger partial charge < -0.3 is 25.2 Å². The second-order valence-corrected chi connectivity index (χ2v) is 8.23. The lowest BCUT2D eigenvalue weighted by atomic mass is 10.1. The summed E-state index contributed by atoms with van der Waals surface area (Å²) in [4.78, 5) is 28.1. The molecule has 2 aromatic heterocycles. The largest absolute Gasteiger partial charge is 0.494 e. The Kier molecular flexibility index (Phi) is 8.95. The maximum absolute atomic E-state index is 14.5. The summed E-state index contributed by atoms with van der Waals surface area (Å²) in [6.07, 6.45) is 8.18. The Hall–Kier alpha value is -4.00. The maximum atomic E-state index is 14.5. The highest BCUT2D eigenvalue weighted by atomic mass is 19.1. The normalized spacial score (nSPS) is 13.1. The van der Waals surface area contributed by atoms with Crippen molar-refractivity contribution in [2.24, 2.45) is 17.4 Å². The van der Waals surface area contributed by atoms with E-state index < -0.39 is 11.7 Å². The van der Waals surface area contributed by atoms with Gasteiger partial charge in [-0.05, 0) is 49.6 Å². The van der Waals surface area contributed by atoms with Gasteiger partial charge in [0, 0.05) is 36.3 Å². The van der Waals surface area contributed by atoms with Crippen LogP contribution in [-0.4, -0.2) is 40.7 Å². The van der Waals surface area contributed by atoms with Gasteiger partial charge in [0.25, 0.3) is 5.91 Å². The van der Waals surface area contributed by atoms with Crippen LogP contribution in [0.5, 0.6) is 5.75 Å². The fraction of sp³-hybridized carbons (Fsp3) is 0.292. The Morgan fingerprint density at radius 1 is 1.31 bits per heavy atom. The van der Waals surface area contributed by atoms with Crippen LogP contribution in [-0.2, 0) is 17.9 Å². The molecule has 11 nitrogen and oxygen atoms in total. The third kappa shape index (κ3) is 6.56. The Morgan fingerprint density at radius 2 is 2.03 bits per heavy atom. The number of aldehydes is 1. The number of fused-ring (bicyclic) bond motifs is 1. The highest BCUT2D eigenvalue weighted by Crippen LogP contribution is 2.39. The third-order valence-corrected chi connectivity index (χ3v) is 5.50. The Morgan fingerprint density at radius 3 is 2.67 bits per heavy atom. The first-order chi connectivity index (χ1) is 17.3. The minimum Gasteiger partial charge on any atom is -0.494 e. The van der Waals surface area contributed by atoms with Crippen LogP contribution in [0.2, 0.25) is 0 Å². The number of amides is 1. The molecule has 1 aliphatic carbocycles. The van der Waals surface area contributed by atoms with Crippen molar-refractivity contribution in [3.8, 4) is 5.75 Å². The lowest BCUT2D eigenvalue weighted by molar-refractivity contribution is -0.117. The van der Waals surface area contributed by atoms with E-state index in [1.165, 1.54) is 48.9 Å². The van der Waals surface area contributed by atoms with Crippen LogP contribution in [0.1, 0.15) is 45.9 Å². The van der Waals surface area contributed by atoms with Crippen LogP contribution in [0.4, 0.5) is 4.39 Å². The smallest absolute Gasteiger partial charge is 0.268 e. The number of benzene rings is 1. The fourth-order valence-electron chi connectivity index (χ4n) is 3.60. The number of imidazole rings is 1. The summed E-state index contributed by atoms with van der Waals surface area (Å²) in [6, 6.07) is 6.82. The lowest BCUT2D eigenvalue weighted by Gasteiger charge is -2.14. The molecule has 3 aromatic rings. The van der Waals surface area contributed by atoms with Crippen molar-refractivity contribution in [1.29, 1.82) is 0 Å². The average molecular weight is 499 g/mol. The lowest BCUT2D eigenvalue weighted by Crippen LogP contribution is -2.33. The van der Waals surface area contributed by atoms with Crippen LogP contribution in [0.25, 0.3) is 5.65 Å². The third-order valence-electron chi connectivity index (χ3n) is 5.50. The van der Waals surface area contributed by atoms with Gasteiger partial charge >= 0.3 is 0 Å². The number of nitrogens with one attached hydrogen (secondary N) is 2. The molecule has 8 N–H and O–H groups in total. The van der Waals surface area contributed by atoms with Gasteiger partial charge in [0.05, 0.1) is 19.3 Å². The summed E-state index contributed by atoms with van der Waals surface area (Å²) in [5.41, 5.74) is 10.9. The van der Waals surface area contributed by atoms with Crippen molar-refractivity contribution >= 4 is 17.8 Å². The molecule has 0 bridgehead atoms. The number of nitrogens with zero attached hydrogens (tertiary/aromatic N) is 3. The standard InChI is InChI=1S/C23H25FN6O3.CH6N2/c1-33-20-6-4-16(13-31)18(22(20)24)8-27-23(32)19(25)12-30(26)11-17-10-29-9-15(14-2-3-14)5-7-21(29)28-17;1-3-2/h4-7,9-10,12-14H,2-3,8,11,25-26H2,1H3,(H,27,32);3H,2H2,1H3/b19-12-;. The number of rotatable bonds is 9. The Labute approximate surface area is 208 Å². The van der Waals surface area contributed by atoms with Gasteiger partial charge in [-0.2, -0.15) is 0 Å². The molecule has 1 aromatic carbocycles. The Balaban J connectivity index is 0.00000115. The summed E-state index contributed by atoms with van der Waals surface area (Å²) in [5.74, 6) is 9.82. The van der Waals surface area contributed by atoms with E-state index >= 15 is 0 Å². The zero-order valence-corrected chi connectivity index (χ0v) is 20.2. The quantitative estimate of drug-likeness (QED) is 0.125. The monoisotopic (exact) mass is 498 g/mol. The fourth-order valence-corrected chi connectivity index (χ4v) is 3.60. The number of halogens is 1. The molecule has 1 amide bonds. The van der Waals surface area contributed by atoms with Crippen molar-refractivity contribution in [2.75, 3.05) is 14.2 Å². The molecule has 1 aliphatic rings. The highest BCUT2D eigenvalue weighted by Gasteiger charge is 2.23. The summed E-state index contributed by atoms with van der Waals surface area (Å²) in [5, 5.41) is 3.74. The van der Waals surface area contributed by atoms with Gasteiger partial charge in [-0.3, -0.25) is 20.9 Å². The van der Waals surface area contributed by atoms with Crippen molar-refractivity contribution in [2.45, 2.75) is 31.8 Å². The zero-order chi connectivity index (χ0) is 26.2. The first-order valence-electron chi connectivity index (χ1n) is 11.2. The highest BCUT2D eigenvalue weighted by molar-refractivity contribution is 5.92. The second kappa shape index (κ2) is 12.1. The number of nitrogens with two attached hydrogens (primary N) is 3. The van der Waals surface area contributed by atoms with Crippen LogP contribution in [0, 0.1) is 5.82 Å². The van der Waals surface area contributed by atoms with Crippen molar-refractivity contribution in [3.05, 3.63) is 76.8 Å². The SMILES string of the molecule is CNN.COc1ccc(C=O)c(CNC(=O)/C(N)=C/N(N)Cc2cn3cc(C4CC4)ccc3n2)c1F. The number of carbonyl (C=O) groups is 2. The summed E-state index contributed by atoms with van der Waals surface area (Å²) < 4.78 is 21.3. The summed E-state index contributed by atoms with van der Waals surface area (Å²) in [7, 11) is 2.97. The van der Waals surface area contributed by atoms with Gasteiger partial charge in [0.2, 0.25) is 0 Å². The number of ether oxygens (including phenoxy) is 1. The predicted molar refractivity (Wildman–Crippen MR) is 133 cm³/mol. The molecule has 12 heteroatoms. The Bertz CT molecular complexity index is 1260. The molecular formula is C24H31FN8O3. The van der Waals surface area contributed by atoms with Gasteiger partial charge in [-0.1, -0.05) is 6.07 Å². The van der Waals surface area contributed by atoms with Gasteiger partial charge in [0.15, 0.2) is 17.9 Å². The molecule has 0 spiro atoms. The molecule has 0 saturated heterocycles. The van der Waals surface area contributed by atoms with E-state index in [2.05, 4.69) is 33.8 Å². The van der Waals surface area contributed by atoms with Crippen molar-refractivity contribution in [1.82, 2.24) is 25.1 Å². The number of pyridine rings is 1. The van der Waals surface area contributed by atoms with E-state index in [1.54, 1.807) is 7.05 Å². The van der Waals surface area contributed by atoms with Crippen LogP contribution < -0.4 is 32.9 Å². The number of hydrogen-bond acceptors (Lipinski definition) is 9. The molecule has 2 heterocycles. The van der Waals surface area contributed by atoms with Crippen LogP contribution in [0.3, 0.4) is 0 Å². The minimum atomic E-state index is -0.720. The summed E-state index contributed by atoms with van der Waals surface area (Å²) >= 11 is 0. The number of carbonyl (C=O) groups excluding carboxylic acids is 2. The molecule has 4 rings (SSSR count). The van der Waals surface area contributed by atoms with E-state index in [4.69, 9.17) is 16.3 Å². The van der Waals surface area contributed by atoms with Crippen LogP contribution >= 0.6 is 0 Å². The van der Waals surface area contributed by atoms with E-state index in [0.717, 1.165) is 5.65 Å². The average Bonchev–Trinajstić information content (AvgIpc) is 3.63. The van der Waals surface area contributed by atoms with Gasteiger partial charge in [-0.25, -0.2) is 15.2 Å². The summed E-state index contributed by atoms with van der Waals surface area (Å²) in [6.45, 7) is -0.0148. The molecule has 36 heavy (non-hydrogen) atoms. The molecule has 1 fully saturated rings. The number of hydrazine groups is 2. The van der Waals surface area contributed by atoms with E-state index in [9.17, 15) is 14.0 Å².